The number of carbonyl (C=O) groups excluding carboxylic acids is 1. The number of amides is 1. The molecule has 1 heterocycles. The molecule has 80 valence electrons. The van der Waals surface area contributed by atoms with Crippen molar-refractivity contribution >= 4 is 5.91 Å². The lowest BCUT2D eigenvalue weighted by Crippen LogP contribution is -2.42. The second-order valence-electron chi connectivity index (χ2n) is 4.20. The molecule has 0 saturated carbocycles. The Morgan fingerprint density at radius 1 is 1.40 bits per heavy atom. The first-order chi connectivity index (χ1) is 7.22. The second kappa shape index (κ2) is 4.05. The van der Waals surface area contributed by atoms with E-state index in [0.29, 0.717) is 12.5 Å². The third-order valence-electron chi connectivity index (χ3n) is 3.13. The molecule has 15 heavy (non-hydrogen) atoms. The van der Waals surface area contributed by atoms with Gasteiger partial charge in [0.2, 0.25) is 5.91 Å². The van der Waals surface area contributed by atoms with E-state index in [-0.39, 0.29) is 5.91 Å². The number of benzene rings is 1. The molecule has 2 rings (SSSR count). The molecule has 0 fully saturated rings. The van der Waals surface area contributed by atoms with Gasteiger partial charge >= 0.3 is 0 Å². The van der Waals surface area contributed by atoms with E-state index in [1.54, 1.807) is 0 Å². The molecular formula is C13H17NO. The number of fused-ring (bicyclic) bond motifs is 1. The lowest BCUT2D eigenvalue weighted by Gasteiger charge is -2.34. The Bertz CT molecular complexity index is 373. The third kappa shape index (κ3) is 1.89. The Kier molecular flexibility index (Phi) is 2.76. The Labute approximate surface area is 90.9 Å². The van der Waals surface area contributed by atoms with Gasteiger partial charge in [-0.2, -0.15) is 0 Å². The largest absolute Gasteiger partial charge is 0.335 e. The van der Waals surface area contributed by atoms with Crippen molar-refractivity contribution in [3.05, 3.63) is 35.4 Å². The molecule has 0 spiro atoms. The van der Waals surface area contributed by atoms with Crippen LogP contribution in [0, 0.1) is 0 Å². The molecule has 1 aliphatic rings. The van der Waals surface area contributed by atoms with Crippen molar-refractivity contribution in [1.29, 1.82) is 0 Å². The van der Waals surface area contributed by atoms with E-state index < -0.39 is 0 Å². The molecule has 1 aliphatic heterocycles. The Balaban J connectivity index is 2.25. The lowest BCUT2D eigenvalue weighted by molar-refractivity contribution is -0.133. The monoisotopic (exact) mass is 203 g/mol. The second-order valence-corrected chi connectivity index (χ2v) is 4.20. The first kappa shape index (κ1) is 10.2. The maximum atomic E-state index is 11.7. The topological polar surface area (TPSA) is 20.3 Å². The number of carbonyl (C=O) groups is 1. The summed E-state index contributed by atoms with van der Waals surface area (Å²) in [5, 5.41) is 0. The minimum absolute atomic E-state index is 0.261. The fourth-order valence-corrected chi connectivity index (χ4v) is 2.22. The Morgan fingerprint density at radius 2 is 2.07 bits per heavy atom. The van der Waals surface area contributed by atoms with Crippen molar-refractivity contribution in [2.24, 2.45) is 0 Å². The SMILES string of the molecule is CCC(=O)N1Cc2ccccc2C[C@H]1C. The van der Waals surface area contributed by atoms with E-state index in [2.05, 4.69) is 25.1 Å². The van der Waals surface area contributed by atoms with Gasteiger partial charge in [-0.15, -0.1) is 0 Å². The fraction of sp³-hybridized carbons (Fsp3) is 0.462. The van der Waals surface area contributed by atoms with Crippen LogP contribution in [-0.2, 0) is 17.8 Å². The van der Waals surface area contributed by atoms with Gasteiger partial charge < -0.3 is 4.90 Å². The Morgan fingerprint density at radius 3 is 2.73 bits per heavy atom. The van der Waals surface area contributed by atoms with E-state index >= 15 is 0 Å². The molecule has 0 aromatic heterocycles. The molecule has 0 bridgehead atoms. The van der Waals surface area contributed by atoms with Crippen LogP contribution >= 0.6 is 0 Å². The number of rotatable bonds is 1. The number of hydrogen-bond acceptors (Lipinski definition) is 1. The van der Waals surface area contributed by atoms with Crippen LogP contribution in [0.5, 0.6) is 0 Å². The van der Waals surface area contributed by atoms with Gasteiger partial charge in [-0.25, -0.2) is 0 Å². The summed E-state index contributed by atoms with van der Waals surface area (Å²) in [4.78, 5) is 13.7. The lowest BCUT2D eigenvalue weighted by atomic mass is 9.95. The highest BCUT2D eigenvalue weighted by molar-refractivity contribution is 5.76. The normalized spacial score (nSPS) is 19.9. The summed E-state index contributed by atoms with van der Waals surface area (Å²) in [6.45, 7) is 4.84. The summed E-state index contributed by atoms with van der Waals surface area (Å²) in [7, 11) is 0. The smallest absolute Gasteiger partial charge is 0.222 e. The molecular weight excluding hydrogens is 186 g/mol. The molecule has 2 heteroatoms. The van der Waals surface area contributed by atoms with Gasteiger partial charge in [0.05, 0.1) is 0 Å². The molecule has 0 saturated heterocycles. The van der Waals surface area contributed by atoms with Crippen LogP contribution in [0.1, 0.15) is 31.4 Å². The van der Waals surface area contributed by atoms with E-state index in [9.17, 15) is 4.79 Å². The summed E-state index contributed by atoms with van der Waals surface area (Å²) in [5.41, 5.74) is 2.70. The van der Waals surface area contributed by atoms with Gasteiger partial charge in [-0.3, -0.25) is 4.79 Å². The third-order valence-corrected chi connectivity index (χ3v) is 3.13. The van der Waals surface area contributed by atoms with Gasteiger partial charge in [-0.05, 0) is 24.5 Å². The van der Waals surface area contributed by atoms with Crippen LogP contribution in [0.4, 0.5) is 0 Å². The molecule has 0 N–H and O–H groups in total. The van der Waals surface area contributed by atoms with Crippen LogP contribution in [0.25, 0.3) is 0 Å². The molecule has 0 aliphatic carbocycles. The summed E-state index contributed by atoms with van der Waals surface area (Å²) in [6, 6.07) is 8.75. The minimum Gasteiger partial charge on any atom is -0.335 e. The van der Waals surface area contributed by atoms with Crippen molar-refractivity contribution in [3.63, 3.8) is 0 Å². The maximum Gasteiger partial charge on any atom is 0.222 e. The molecule has 0 radical (unpaired) electrons. The first-order valence-corrected chi connectivity index (χ1v) is 5.58. The highest BCUT2D eigenvalue weighted by Crippen LogP contribution is 2.23. The van der Waals surface area contributed by atoms with Crippen molar-refractivity contribution in [2.75, 3.05) is 0 Å². The average Bonchev–Trinajstić information content (AvgIpc) is 2.27. The quantitative estimate of drug-likeness (QED) is 0.686. The van der Waals surface area contributed by atoms with Gasteiger partial charge in [0.25, 0.3) is 0 Å². The van der Waals surface area contributed by atoms with Crippen molar-refractivity contribution in [2.45, 2.75) is 39.3 Å². The standard InChI is InChI=1S/C13H17NO/c1-3-13(15)14-9-12-7-5-4-6-11(12)8-10(14)2/h4-7,10H,3,8-9H2,1-2H3/t10-/m1/s1. The van der Waals surface area contributed by atoms with Gasteiger partial charge in [0, 0.05) is 19.0 Å². The van der Waals surface area contributed by atoms with Crippen LogP contribution in [-0.4, -0.2) is 16.8 Å². The summed E-state index contributed by atoms with van der Waals surface area (Å²) < 4.78 is 0. The van der Waals surface area contributed by atoms with E-state index in [1.165, 1.54) is 11.1 Å². The van der Waals surface area contributed by atoms with Crippen LogP contribution < -0.4 is 0 Å². The zero-order valence-corrected chi connectivity index (χ0v) is 9.36. The van der Waals surface area contributed by atoms with Crippen molar-refractivity contribution in [1.82, 2.24) is 4.90 Å². The Hall–Kier alpha value is -1.31. The molecule has 1 aromatic rings. The minimum atomic E-state index is 0.261. The number of hydrogen-bond donors (Lipinski definition) is 0. The van der Waals surface area contributed by atoms with E-state index in [1.807, 2.05) is 17.9 Å². The molecule has 2 nitrogen and oxygen atoms in total. The van der Waals surface area contributed by atoms with Crippen LogP contribution in [0.2, 0.25) is 0 Å². The maximum absolute atomic E-state index is 11.7. The predicted molar refractivity (Wildman–Crippen MR) is 60.4 cm³/mol. The summed E-state index contributed by atoms with van der Waals surface area (Å²) in [6.07, 6.45) is 1.59. The predicted octanol–water partition coefficient (Wildman–Crippen LogP) is 2.37. The summed E-state index contributed by atoms with van der Waals surface area (Å²) in [5.74, 6) is 0.261. The molecule has 1 amide bonds. The molecule has 1 atom stereocenters. The highest BCUT2D eigenvalue weighted by Gasteiger charge is 2.24. The van der Waals surface area contributed by atoms with Gasteiger partial charge in [0.15, 0.2) is 0 Å². The summed E-state index contributed by atoms with van der Waals surface area (Å²) >= 11 is 0. The van der Waals surface area contributed by atoms with Crippen LogP contribution in [0.15, 0.2) is 24.3 Å². The van der Waals surface area contributed by atoms with E-state index in [4.69, 9.17) is 0 Å². The van der Waals surface area contributed by atoms with E-state index in [0.717, 1.165) is 13.0 Å². The zero-order chi connectivity index (χ0) is 10.8. The molecule has 0 unspecified atom stereocenters. The van der Waals surface area contributed by atoms with Crippen molar-refractivity contribution < 1.29 is 4.79 Å². The highest BCUT2D eigenvalue weighted by atomic mass is 16.2. The van der Waals surface area contributed by atoms with Gasteiger partial charge in [-0.1, -0.05) is 31.2 Å². The van der Waals surface area contributed by atoms with Crippen molar-refractivity contribution in [3.8, 4) is 0 Å². The fourth-order valence-electron chi connectivity index (χ4n) is 2.22. The zero-order valence-electron chi connectivity index (χ0n) is 9.36. The number of nitrogens with zero attached hydrogens (tertiary/aromatic N) is 1. The average molecular weight is 203 g/mol. The van der Waals surface area contributed by atoms with Crippen LogP contribution in [0.3, 0.4) is 0 Å². The van der Waals surface area contributed by atoms with Gasteiger partial charge in [0.1, 0.15) is 0 Å². The first-order valence-electron chi connectivity index (χ1n) is 5.58. The molecule has 1 aromatic carbocycles.